The van der Waals surface area contributed by atoms with Crippen molar-refractivity contribution in [3.63, 3.8) is 0 Å². The molecule has 4 nitrogen and oxygen atoms in total. The van der Waals surface area contributed by atoms with Crippen molar-refractivity contribution in [3.8, 4) is 0 Å². The number of benzene rings is 1. The zero-order valence-electron chi connectivity index (χ0n) is 9.42. The van der Waals surface area contributed by atoms with E-state index in [-0.39, 0.29) is 31.6 Å². The van der Waals surface area contributed by atoms with Crippen LogP contribution in [0.3, 0.4) is 0 Å². The Morgan fingerprint density at radius 1 is 1.05 bits per heavy atom. The average Bonchev–Trinajstić information content (AvgIpc) is 2.36. The van der Waals surface area contributed by atoms with E-state index in [2.05, 4.69) is 31.4 Å². The van der Waals surface area contributed by atoms with Crippen LogP contribution in [0.5, 0.6) is 0 Å². The molecule has 0 fully saturated rings. The Kier molecular flexibility index (Phi) is 5.09. The summed E-state index contributed by atoms with van der Waals surface area (Å²) < 4.78 is 0.692. The fourth-order valence-electron chi connectivity index (χ4n) is 1.35. The third kappa shape index (κ3) is 3.54. The molecule has 1 N–H and O–H groups in total. The molecule has 0 atom stereocenters. The summed E-state index contributed by atoms with van der Waals surface area (Å²) in [5.41, 5.74) is 0.340. The molecular weight excluding hydrogens is 412 g/mol. The van der Waals surface area contributed by atoms with Crippen molar-refractivity contribution in [2.45, 2.75) is 0 Å². The highest BCUT2D eigenvalue weighted by molar-refractivity contribution is 9.10. The second-order valence-electron chi connectivity index (χ2n) is 3.57. The van der Waals surface area contributed by atoms with E-state index in [9.17, 15) is 4.79 Å². The first-order valence-corrected chi connectivity index (χ1v) is 7.33. The van der Waals surface area contributed by atoms with Gasteiger partial charge in [0.05, 0.1) is 21.3 Å². The number of carbonyl (C=O) groups is 1. The van der Waals surface area contributed by atoms with Crippen LogP contribution in [0.25, 0.3) is 0 Å². The number of aromatic nitrogens is 2. The van der Waals surface area contributed by atoms with Crippen molar-refractivity contribution < 1.29 is 4.79 Å². The maximum atomic E-state index is 12.1. The molecule has 2 aromatic rings. The summed E-state index contributed by atoms with van der Waals surface area (Å²) in [6.07, 6.45) is 0. The molecule has 1 amide bonds. The third-order valence-corrected chi connectivity index (χ3v) is 3.73. The Labute approximate surface area is 142 Å². The summed E-state index contributed by atoms with van der Waals surface area (Å²) in [4.78, 5) is 12.1. The van der Waals surface area contributed by atoms with Crippen LogP contribution in [-0.2, 0) is 0 Å². The van der Waals surface area contributed by atoms with E-state index in [1.54, 1.807) is 12.1 Å². The van der Waals surface area contributed by atoms with Gasteiger partial charge in [0, 0.05) is 4.47 Å². The molecule has 0 spiro atoms. The number of rotatable bonds is 2. The lowest BCUT2D eigenvalue weighted by molar-refractivity contribution is 0.102. The van der Waals surface area contributed by atoms with Gasteiger partial charge in [-0.25, -0.2) is 0 Å². The molecule has 9 heteroatoms. The van der Waals surface area contributed by atoms with Crippen molar-refractivity contribution >= 4 is 73.9 Å². The van der Waals surface area contributed by atoms with Crippen LogP contribution in [0.1, 0.15) is 10.4 Å². The predicted molar refractivity (Wildman–Crippen MR) is 84.2 cm³/mol. The Morgan fingerprint density at radius 2 is 1.65 bits per heavy atom. The van der Waals surface area contributed by atoms with E-state index in [1.165, 1.54) is 6.07 Å². The summed E-state index contributed by atoms with van der Waals surface area (Å²) >= 11 is 26.8. The highest BCUT2D eigenvalue weighted by Gasteiger charge is 2.16. The lowest BCUT2D eigenvalue weighted by Crippen LogP contribution is -2.14. The smallest absolute Gasteiger partial charge is 0.259 e. The summed E-state index contributed by atoms with van der Waals surface area (Å²) in [6.45, 7) is 0. The van der Waals surface area contributed by atoms with Gasteiger partial charge in [-0.2, -0.15) is 0 Å². The fraction of sp³-hybridized carbons (Fsp3) is 0. The number of hydrogen-bond donors (Lipinski definition) is 1. The first-order valence-electron chi connectivity index (χ1n) is 5.03. The van der Waals surface area contributed by atoms with Crippen molar-refractivity contribution in [2.75, 3.05) is 5.32 Å². The van der Waals surface area contributed by atoms with Gasteiger partial charge >= 0.3 is 0 Å². The van der Waals surface area contributed by atoms with Crippen molar-refractivity contribution in [1.29, 1.82) is 0 Å². The first-order chi connectivity index (χ1) is 9.38. The molecule has 20 heavy (non-hydrogen) atoms. The summed E-state index contributed by atoms with van der Waals surface area (Å²) in [5.74, 6) is -0.544. The molecule has 104 valence electrons. The quantitative estimate of drug-likeness (QED) is 0.741. The summed E-state index contributed by atoms with van der Waals surface area (Å²) in [6, 6.07) is 4.50. The number of carbonyl (C=O) groups excluding carboxylic acids is 1. The maximum absolute atomic E-state index is 12.1. The van der Waals surface area contributed by atoms with E-state index in [4.69, 9.17) is 46.4 Å². The van der Waals surface area contributed by atoms with Crippen molar-refractivity contribution in [2.24, 2.45) is 0 Å². The van der Waals surface area contributed by atoms with Gasteiger partial charge in [-0.05, 0) is 18.2 Å². The molecular formula is C11H4BrCl4N3O. The Balaban J connectivity index is 2.35. The van der Waals surface area contributed by atoms with Crippen LogP contribution in [0.4, 0.5) is 5.69 Å². The van der Waals surface area contributed by atoms with Crippen LogP contribution in [0, 0.1) is 0 Å². The molecule has 1 aromatic carbocycles. The lowest BCUT2D eigenvalue weighted by Gasteiger charge is -2.10. The van der Waals surface area contributed by atoms with E-state index >= 15 is 0 Å². The van der Waals surface area contributed by atoms with E-state index < -0.39 is 5.91 Å². The average molecular weight is 416 g/mol. The second-order valence-corrected chi connectivity index (χ2v) is 6.05. The Morgan fingerprint density at radius 3 is 2.25 bits per heavy atom. The largest absolute Gasteiger partial charge is 0.319 e. The van der Waals surface area contributed by atoms with Crippen LogP contribution >= 0.6 is 62.3 Å². The first kappa shape index (κ1) is 15.8. The van der Waals surface area contributed by atoms with Gasteiger partial charge in [0.25, 0.3) is 5.91 Å². The van der Waals surface area contributed by atoms with Gasteiger partial charge in [-0.3, -0.25) is 4.79 Å². The minimum absolute atomic E-state index is 0.0487. The van der Waals surface area contributed by atoms with Crippen LogP contribution in [0.15, 0.2) is 22.7 Å². The highest BCUT2D eigenvalue weighted by atomic mass is 79.9. The SMILES string of the molecule is O=C(Nc1c(Cl)cc(Br)cc1Cl)c1cc(Cl)nnc1Cl. The van der Waals surface area contributed by atoms with Gasteiger partial charge in [-0.15, -0.1) is 10.2 Å². The van der Waals surface area contributed by atoms with Crippen LogP contribution in [-0.4, -0.2) is 16.1 Å². The minimum atomic E-state index is -0.544. The number of halogens is 5. The second kappa shape index (κ2) is 6.45. The number of nitrogens with one attached hydrogen (secondary N) is 1. The normalized spacial score (nSPS) is 10.4. The molecule has 1 heterocycles. The van der Waals surface area contributed by atoms with Gasteiger partial charge in [-0.1, -0.05) is 62.3 Å². The molecule has 0 aliphatic heterocycles. The zero-order valence-corrected chi connectivity index (χ0v) is 14.0. The van der Waals surface area contributed by atoms with E-state index in [0.29, 0.717) is 4.47 Å². The highest BCUT2D eigenvalue weighted by Crippen LogP contribution is 2.34. The van der Waals surface area contributed by atoms with Gasteiger partial charge in [0.2, 0.25) is 0 Å². The molecule has 0 aliphatic carbocycles. The minimum Gasteiger partial charge on any atom is -0.319 e. The molecule has 2 rings (SSSR count). The number of hydrogen-bond acceptors (Lipinski definition) is 3. The summed E-state index contributed by atoms with van der Waals surface area (Å²) in [7, 11) is 0. The molecule has 0 radical (unpaired) electrons. The monoisotopic (exact) mass is 413 g/mol. The van der Waals surface area contributed by atoms with Gasteiger partial charge in [0.15, 0.2) is 10.3 Å². The number of nitrogens with zero attached hydrogens (tertiary/aromatic N) is 2. The number of anilines is 1. The molecule has 0 aliphatic rings. The molecule has 1 aromatic heterocycles. The Bertz CT molecular complexity index is 672. The Hall–Kier alpha value is -0.590. The van der Waals surface area contributed by atoms with Crippen LogP contribution < -0.4 is 5.32 Å². The fourth-order valence-corrected chi connectivity index (χ4v) is 2.98. The van der Waals surface area contributed by atoms with E-state index in [0.717, 1.165) is 0 Å². The molecule has 0 saturated carbocycles. The summed E-state index contributed by atoms with van der Waals surface area (Å²) in [5, 5.41) is 10.2. The molecule has 0 bridgehead atoms. The molecule has 0 saturated heterocycles. The van der Waals surface area contributed by atoms with Crippen molar-refractivity contribution in [1.82, 2.24) is 10.2 Å². The maximum Gasteiger partial charge on any atom is 0.259 e. The van der Waals surface area contributed by atoms with Crippen LogP contribution in [0.2, 0.25) is 20.4 Å². The van der Waals surface area contributed by atoms with Crippen molar-refractivity contribution in [3.05, 3.63) is 48.6 Å². The third-order valence-electron chi connectivity index (χ3n) is 2.21. The number of amides is 1. The lowest BCUT2D eigenvalue weighted by atomic mass is 10.2. The van der Waals surface area contributed by atoms with Gasteiger partial charge in [0.1, 0.15) is 0 Å². The zero-order chi connectivity index (χ0) is 14.9. The predicted octanol–water partition coefficient (Wildman–Crippen LogP) is 5.11. The standard InChI is InChI=1S/C11H4BrCl4N3O/c12-4-1-6(13)9(7(14)2-4)17-11(20)5-3-8(15)18-19-10(5)16/h1-3H,(H,17,20). The van der Waals surface area contributed by atoms with Gasteiger partial charge < -0.3 is 5.32 Å². The van der Waals surface area contributed by atoms with E-state index in [1.807, 2.05) is 0 Å². The topological polar surface area (TPSA) is 54.9 Å². The molecule has 0 unspecified atom stereocenters.